The highest BCUT2D eigenvalue weighted by atomic mass is 35.5. The maximum absolute atomic E-state index is 12.5. The average molecular weight is 380 g/mol. The smallest absolute Gasteiger partial charge is 0.255 e. The molecule has 1 aromatic rings. The first kappa shape index (κ1) is 18.7. The summed E-state index contributed by atoms with van der Waals surface area (Å²) in [6, 6.07) is 5.42. The van der Waals surface area contributed by atoms with E-state index in [9.17, 15) is 9.59 Å². The standard InChI is InChI=1S/C18H22ClN3O4/c1-2-17(23)22-7-10-26-16(12-22)18(24)20-13-3-4-15(14(19)11-13)21-5-8-25-9-6-21/h2-4,11,16H,1,5-10,12H2,(H,20,24)/t16-/m0/s1. The van der Waals surface area contributed by atoms with Crippen LogP contribution in [0.3, 0.4) is 0 Å². The molecule has 2 heterocycles. The van der Waals surface area contributed by atoms with Gasteiger partial charge in [0, 0.05) is 25.3 Å². The summed E-state index contributed by atoms with van der Waals surface area (Å²) in [4.78, 5) is 27.9. The molecule has 0 saturated carbocycles. The maximum atomic E-state index is 12.5. The first-order valence-corrected chi connectivity index (χ1v) is 8.92. The third-order valence-electron chi connectivity index (χ3n) is 4.41. The van der Waals surface area contributed by atoms with Crippen LogP contribution < -0.4 is 10.2 Å². The van der Waals surface area contributed by atoms with Crippen molar-refractivity contribution < 1.29 is 19.1 Å². The first-order chi connectivity index (χ1) is 12.6. The number of hydrogen-bond acceptors (Lipinski definition) is 5. The molecule has 26 heavy (non-hydrogen) atoms. The fourth-order valence-electron chi connectivity index (χ4n) is 3.01. The van der Waals surface area contributed by atoms with Crippen LogP contribution in [0.1, 0.15) is 0 Å². The number of amides is 2. The van der Waals surface area contributed by atoms with Gasteiger partial charge in [-0.15, -0.1) is 0 Å². The fourth-order valence-corrected chi connectivity index (χ4v) is 3.31. The van der Waals surface area contributed by atoms with E-state index < -0.39 is 6.10 Å². The van der Waals surface area contributed by atoms with Gasteiger partial charge in [0.2, 0.25) is 5.91 Å². The van der Waals surface area contributed by atoms with Crippen molar-refractivity contribution in [3.63, 3.8) is 0 Å². The molecule has 2 saturated heterocycles. The lowest BCUT2D eigenvalue weighted by Gasteiger charge is -2.31. The molecule has 8 heteroatoms. The number of carbonyl (C=O) groups is 2. The van der Waals surface area contributed by atoms with Gasteiger partial charge < -0.3 is 24.6 Å². The van der Waals surface area contributed by atoms with Crippen molar-refractivity contribution in [1.29, 1.82) is 0 Å². The number of benzene rings is 1. The number of halogens is 1. The van der Waals surface area contributed by atoms with Gasteiger partial charge in [-0.2, -0.15) is 0 Å². The fraction of sp³-hybridized carbons (Fsp3) is 0.444. The van der Waals surface area contributed by atoms with E-state index >= 15 is 0 Å². The van der Waals surface area contributed by atoms with E-state index in [-0.39, 0.29) is 18.4 Å². The Kier molecular flexibility index (Phi) is 6.13. The lowest BCUT2D eigenvalue weighted by atomic mass is 10.2. The summed E-state index contributed by atoms with van der Waals surface area (Å²) >= 11 is 6.39. The first-order valence-electron chi connectivity index (χ1n) is 8.54. The highest BCUT2D eigenvalue weighted by Gasteiger charge is 2.28. The molecule has 1 N–H and O–H groups in total. The summed E-state index contributed by atoms with van der Waals surface area (Å²) in [7, 11) is 0. The molecule has 0 bridgehead atoms. The molecule has 2 fully saturated rings. The lowest BCUT2D eigenvalue weighted by Crippen LogP contribution is -2.49. The molecule has 0 aromatic heterocycles. The Bertz CT molecular complexity index is 691. The molecular weight excluding hydrogens is 358 g/mol. The highest BCUT2D eigenvalue weighted by Crippen LogP contribution is 2.29. The number of carbonyl (C=O) groups excluding carboxylic acids is 2. The second-order valence-electron chi connectivity index (χ2n) is 6.10. The van der Waals surface area contributed by atoms with Crippen LogP contribution in [-0.4, -0.2) is 68.8 Å². The molecule has 7 nitrogen and oxygen atoms in total. The van der Waals surface area contributed by atoms with Crippen LogP contribution in [0.15, 0.2) is 30.9 Å². The molecule has 3 rings (SSSR count). The normalized spacial score (nSPS) is 20.6. The Morgan fingerprint density at radius 1 is 1.23 bits per heavy atom. The number of nitrogens with one attached hydrogen (secondary N) is 1. The molecule has 0 aliphatic carbocycles. The van der Waals surface area contributed by atoms with Crippen LogP contribution in [0.5, 0.6) is 0 Å². The highest BCUT2D eigenvalue weighted by molar-refractivity contribution is 6.33. The number of hydrogen-bond donors (Lipinski definition) is 1. The Morgan fingerprint density at radius 3 is 2.69 bits per heavy atom. The predicted molar refractivity (Wildman–Crippen MR) is 99.6 cm³/mol. The Balaban J connectivity index is 1.63. The van der Waals surface area contributed by atoms with Crippen LogP contribution >= 0.6 is 11.6 Å². The van der Waals surface area contributed by atoms with Gasteiger partial charge in [-0.3, -0.25) is 9.59 Å². The van der Waals surface area contributed by atoms with Crippen LogP contribution in [-0.2, 0) is 19.1 Å². The second kappa shape index (κ2) is 8.53. The summed E-state index contributed by atoms with van der Waals surface area (Å²) < 4.78 is 10.8. The lowest BCUT2D eigenvalue weighted by molar-refractivity contribution is -0.141. The summed E-state index contributed by atoms with van der Waals surface area (Å²) in [5.74, 6) is -0.509. The molecule has 2 amide bonds. The molecular formula is C18H22ClN3O4. The largest absolute Gasteiger partial charge is 0.378 e. The summed E-state index contributed by atoms with van der Waals surface area (Å²) in [6.07, 6.45) is 0.523. The van der Waals surface area contributed by atoms with Crippen LogP contribution in [0.25, 0.3) is 0 Å². The Labute approximate surface area is 157 Å². The third kappa shape index (κ3) is 4.35. The van der Waals surface area contributed by atoms with Crippen molar-refractivity contribution in [2.45, 2.75) is 6.10 Å². The predicted octanol–water partition coefficient (Wildman–Crippen LogP) is 1.53. The van der Waals surface area contributed by atoms with Gasteiger partial charge in [-0.05, 0) is 24.3 Å². The monoisotopic (exact) mass is 379 g/mol. The maximum Gasteiger partial charge on any atom is 0.255 e. The molecule has 1 aromatic carbocycles. The molecule has 0 spiro atoms. The van der Waals surface area contributed by atoms with Crippen molar-refractivity contribution in [1.82, 2.24) is 4.90 Å². The topological polar surface area (TPSA) is 71.1 Å². The van der Waals surface area contributed by atoms with E-state index in [1.807, 2.05) is 12.1 Å². The van der Waals surface area contributed by atoms with Gasteiger partial charge in [0.1, 0.15) is 0 Å². The summed E-state index contributed by atoms with van der Waals surface area (Å²) in [6.45, 7) is 7.36. The second-order valence-corrected chi connectivity index (χ2v) is 6.51. The van der Waals surface area contributed by atoms with Gasteiger partial charge in [0.15, 0.2) is 6.10 Å². The summed E-state index contributed by atoms with van der Waals surface area (Å²) in [5.41, 5.74) is 1.51. The van der Waals surface area contributed by atoms with Crippen molar-refractivity contribution in [2.24, 2.45) is 0 Å². The Morgan fingerprint density at radius 2 is 2.00 bits per heavy atom. The molecule has 0 radical (unpaired) electrons. The number of anilines is 2. The number of morpholine rings is 2. The van der Waals surface area contributed by atoms with E-state index in [0.717, 1.165) is 18.8 Å². The third-order valence-corrected chi connectivity index (χ3v) is 4.71. The zero-order valence-corrected chi connectivity index (χ0v) is 15.2. The van der Waals surface area contributed by atoms with Crippen molar-refractivity contribution in [2.75, 3.05) is 56.2 Å². The van der Waals surface area contributed by atoms with E-state index in [1.165, 1.54) is 6.08 Å². The van der Waals surface area contributed by atoms with Gasteiger partial charge in [0.05, 0.1) is 37.1 Å². The van der Waals surface area contributed by atoms with E-state index in [2.05, 4.69) is 16.8 Å². The minimum atomic E-state index is -0.717. The number of rotatable bonds is 4. The van der Waals surface area contributed by atoms with E-state index in [1.54, 1.807) is 11.0 Å². The van der Waals surface area contributed by atoms with Crippen LogP contribution in [0, 0.1) is 0 Å². The molecule has 0 unspecified atom stereocenters. The van der Waals surface area contributed by atoms with Crippen LogP contribution in [0.4, 0.5) is 11.4 Å². The SMILES string of the molecule is C=CC(=O)N1CCO[C@H](C(=O)Nc2ccc(N3CCOCC3)c(Cl)c2)C1. The van der Waals surface area contributed by atoms with E-state index in [4.69, 9.17) is 21.1 Å². The minimum absolute atomic E-state index is 0.205. The van der Waals surface area contributed by atoms with Crippen LogP contribution in [0.2, 0.25) is 5.02 Å². The molecule has 2 aliphatic heterocycles. The van der Waals surface area contributed by atoms with Crippen molar-refractivity contribution in [3.05, 3.63) is 35.9 Å². The quantitative estimate of drug-likeness (QED) is 0.803. The number of nitrogens with zero attached hydrogens (tertiary/aromatic N) is 2. The molecule has 2 aliphatic rings. The summed E-state index contributed by atoms with van der Waals surface area (Å²) in [5, 5.41) is 3.37. The van der Waals surface area contributed by atoms with Crippen molar-refractivity contribution >= 4 is 34.8 Å². The van der Waals surface area contributed by atoms with Crippen molar-refractivity contribution in [3.8, 4) is 0 Å². The minimum Gasteiger partial charge on any atom is -0.378 e. The zero-order valence-electron chi connectivity index (χ0n) is 14.4. The average Bonchev–Trinajstić information content (AvgIpc) is 2.68. The molecule has 140 valence electrons. The van der Waals surface area contributed by atoms with Gasteiger partial charge in [-0.25, -0.2) is 0 Å². The number of ether oxygens (including phenoxy) is 2. The zero-order chi connectivity index (χ0) is 18.5. The van der Waals surface area contributed by atoms with Gasteiger partial charge in [0.25, 0.3) is 5.91 Å². The van der Waals surface area contributed by atoms with Gasteiger partial charge >= 0.3 is 0 Å². The van der Waals surface area contributed by atoms with Gasteiger partial charge in [-0.1, -0.05) is 18.2 Å². The Hall–Kier alpha value is -2.09. The molecule has 1 atom stereocenters. The van der Waals surface area contributed by atoms with E-state index in [0.29, 0.717) is 37.1 Å².